The molecule has 3 rings (SSSR count). The summed E-state index contributed by atoms with van der Waals surface area (Å²) in [4.78, 5) is 26.3. The Labute approximate surface area is 157 Å². The highest BCUT2D eigenvalue weighted by atomic mass is 35.5. The number of carboxylic acids is 1. The molecule has 3 atom stereocenters. The molecule has 0 aromatic heterocycles. The van der Waals surface area contributed by atoms with E-state index in [-0.39, 0.29) is 18.4 Å². The molecule has 5 nitrogen and oxygen atoms in total. The molecule has 1 heterocycles. The number of rotatable bonds is 5. The van der Waals surface area contributed by atoms with Crippen LogP contribution in [0, 0.1) is 5.92 Å². The molecule has 0 spiro atoms. The summed E-state index contributed by atoms with van der Waals surface area (Å²) in [6.45, 7) is 0.498. The maximum atomic E-state index is 13.0. The van der Waals surface area contributed by atoms with Crippen LogP contribution in [0.25, 0.3) is 0 Å². The topological polar surface area (TPSA) is 66.8 Å². The minimum absolute atomic E-state index is 0.161. The summed E-state index contributed by atoms with van der Waals surface area (Å²) >= 11 is 5.93. The van der Waals surface area contributed by atoms with Gasteiger partial charge in [0.2, 0.25) is 0 Å². The number of amides is 1. The number of carboxylic acid groups (broad SMARTS) is 1. The molecule has 2 aromatic carbocycles. The van der Waals surface area contributed by atoms with Crippen molar-refractivity contribution in [3.63, 3.8) is 0 Å². The van der Waals surface area contributed by atoms with Crippen LogP contribution in [0.4, 0.5) is 0 Å². The Kier molecular flexibility index (Phi) is 5.59. The molecule has 1 amide bonds. The van der Waals surface area contributed by atoms with E-state index in [0.717, 1.165) is 11.1 Å². The van der Waals surface area contributed by atoms with E-state index in [1.54, 1.807) is 17.0 Å². The SMILES string of the molecule is COC(C(=O)N1C[C@@H](C(=O)O)[C@H](c2ccc(Cl)cc2)C1)c1ccccc1. The number of halogens is 1. The van der Waals surface area contributed by atoms with Gasteiger partial charge in [-0.2, -0.15) is 0 Å². The first kappa shape index (κ1) is 18.4. The largest absolute Gasteiger partial charge is 0.481 e. The van der Waals surface area contributed by atoms with Crippen molar-refractivity contribution in [2.45, 2.75) is 12.0 Å². The number of likely N-dealkylation sites (tertiary alicyclic amines) is 1. The van der Waals surface area contributed by atoms with Crippen molar-refractivity contribution in [1.82, 2.24) is 4.90 Å². The first-order valence-electron chi connectivity index (χ1n) is 8.36. The molecule has 1 N–H and O–H groups in total. The average molecular weight is 374 g/mol. The van der Waals surface area contributed by atoms with Crippen molar-refractivity contribution < 1.29 is 19.4 Å². The van der Waals surface area contributed by atoms with E-state index in [0.29, 0.717) is 11.6 Å². The quantitative estimate of drug-likeness (QED) is 0.872. The van der Waals surface area contributed by atoms with Crippen LogP contribution in [0.15, 0.2) is 54.6 Å². The lowest BCUT2D eigenvalue weighted by atomic mass is 9.89. The van der Waals surface area contributed by atoms with Crippen LogP contribution >= 0.6 is 11.6 Å². The Hall–Kier alpha value is -2.37. The first-order valence-corrected chi connectivity index (χ1v) is 8.74. The summed E-state index contributed by atoms with van der Waals surface area (Å²) in [5.74, 6) is -2.06. The van der Waals surface area contributed by atoms with E-state index in [4.69, 9.17) is 16.3 Å². The minimum Gasteiger partial charge on any atom is -0.481 e. The molecule has 1 fully saturated rings. The molecule has 0 aliphatic carbocycles. The van der Waals surface area contributed by atoms with Gasteiger partial charge in [-0.15, -0.1) is 0 Å². The van der Waals surface area contributed by atoms with Crippen molar-refractivity contribution in [3.8, 4) is 0 Å². The van der Waals surface area contributed by atoms with Gasteiger partial charge in [0, 0.05) is 31.1 Å². The van der Waals surface area contributed by atoms with Gasteiger partial charge in [0.25, 0.3) is 5.91 Å². The Balaban J connectivity index is 1.83. The Morgan fingerprint density at radius 3 is 2.35 bits per heavy atom. The number of carbonyl (C=O) groups is 2. The molecule has 1 aliphatic rings. The van der Waals surface area contributed by atoms with Gasteiger partial charge >= 0.3 is 5.97 Å². The number of aliphatic carboxylic acids is 1. The number of ether oxygens (including phenoxy) is 1. The van der Waals surface area contributed by atoms with Crippen LogP contribution in [0.1, 0.15) is 23.1 Å². The second kappa shape index (κ2) is 7.89. The molecule has 0 bridgehead atoms. The zero-order valence-electron chi connectivity index (χ0n) is 14.3. The Morgan fingerprint density at radius 2 is 1.77 bits per heavy atom. The minimum atomic E-state index is -0.908. The fraction of sp³-hybridized carbons (Fsp3) is 0.300. The van der Waals surface area contributed by atoms with Crippen molar-refractivity contribution in [2.75, 3.05) is 20.2 Å². The lowest BCUT2D eigenvalue weighted by molar-refractivity contribution is -0.143. The fourth-order valence-corrected chi connectivity index (χ4v) is 3.58. The highest BCUT2D eigenvalue weighted by Crippen LogP contribution is 2.35. The smallest absolute Gasteiger partial charge is 0.308 e. The molecule has 2 aromatic rings. The predicted octanol–water partition coefficient (Wildman–Crippen LogP) is 3.35. The van der Waals surface area contributed by atoms with E-state index in [2.05, 4.69) is 0 Å². The highest BCUT2D eigenvalue weighted by molar-refractivity contribution is 6.30. The van der Waals surface area contributed by atoms with Crippen LogP contribution in [0.3, 0.4) is 0 Å². The summed E-state index contributed by atoms with van der Waals surface area (Å²) < 4.78 is 5.41. The molecule has 0 saturated carbocycles. The van der Waals surface area contributed by atoms with E-state index in [1.807, 2.05) is 42.5 Å². The molecule has 1 saturated heterocycles. The standard InChI is InChI=1S/C20H20ClNO4/c1-26-18(14-5-3-2-4-6-14)19(23)22-11-16(17(12-22)20(24)25)13-7-9-15(21)10-8-13/h2-10,16-18H,11-12H2,1H3,(H,24,25)/t16-,17+,18?/m0/s1. The number of methoxy groups -OCH3 is 1. The van der Waals surface area contributed by atoms with Gasteiger partial charge in [-0.05, 0) is 23.3 Å². The molecular weight excluding hydrogens is 354 g/mol. The maximum absolute atomic E-state index is 13.0. The highest BCUT2D eigenvalue weighted by Gasteiger charge is 2.42. The lowest BCUT2D eigenvalue weighted by Gasteiger charge is -2.23. The third-order valence-electron chi connectivity index (χ3n) is 4.81. The van der Waals surface area contributed by atoms with Gasteiger partial charge in [-0.1, -0.05) is 54.1 Å². The van der Waals surface area contributed by atoms with E-state index in [1.165, 1.54) is 7.11 Å². The molecule has 136 valence electrons. The van der Waals surface area contributed by atoms with E-state index in [9.17, 15) is 14.7 Å². The second-order valence-corrected chi connectivity index (χ2v) is 6.81. The molecular formula is C20H20ClNO4. The van der Waals surface area contributed by atoms with Gasteiger partial charge in [0.1, 0.15) is 0 Å². The predicted molar refractivity (Wildman–Crippen MR) is 98.1 cm³/mol. The molecule has 6 heteroatoms. The summed E-state index contributed by atoms with van der Waals surface area (Å²) in [5, 5.41) is 10.2. The van der Waals surface area contributed by atoms with Crippen molar-refractivity contribution >= 4 is 23.5 Å². The molecule has 26 heavy (non-hydrogen) atoms. The fourth-order valence-electron chi connectivity index (χ4n) is 3.45. The van der Waals surface area contributed by atoms with Crippen molar-refractivity contribution in [3.05, 3.63) is 70.7 Å². The summed E-state index contributed by atoms with van der Waals surface area (Å²) in [6, 6.07) is 16.3. The van der Waals surface area contributed by atoms with Crippen LogP contribution < -0.4 is 0 Å². The number of hydrogen-bond acceptors (Lipinski definition) is 3. The van der Waals surface area contributed by atoms with Crippen molar-refractivity contribution in [2.24, 2.45) is 5.92 Å². The summed E-state index contributed by atoms with van der Waals surface area (Å²) in [5.41, 5.74) is 1.62. The monoisotopic (exact) mass is 373 g/mol. The van der Waals surface area contributed by atoms with Gasteiger partial charge in [0.15, 0.2) is 6.10 Å². The summed E-state index contributed by atoms with van der Waals surface area (Å²) in [6.07, 6.45) is -0.741. The normalized spacial score (nSPS) is 20.8. The van der Waals surface area contributed by atoms with Crippen LogP contribution in [-0.4, -0.2) is 42.1 Å². The average Bonchev–Trinajstić information content (AvgIpc) is 3.09. The Bertz CT molecular complexity index is 778. The van der Waals surface area contributed by atoms with Crippen LogP contribution in [-0.2, 0) is 14.3 Å². The van der Waals surface area contributed by atoms with Crippen LogP contribution in [0.5, 0.6) is 0 Å². The molecule has 0 radical (unpaired) electrons. The first-order chi connectivity index (χ1) is 12.5. The van der Waals surface area contributed by atoms with Gasteiger partial charge < -0.3 is 14.7 Å². The second-order valence-electron chi connectivity index (χ2n) is 6.37. The number of hydrogen-bond donors (Lipinski definition) is 1. The van der Waals surface area contributed by atoms with Crippen LogP contribution in [0.2, 0.25) is 5.02 Å². The zero-order valence-corrected chi connectivity index (χ0v) is 15.1. The zero-order chi connectivity index (χ0) is 18.7. The third kappa shape index (κ3) is 3.74. The van der Waals surface area contributed by atoms with Crippen molar-refractivity contribution in [1.29, 1.82) is 0 Å². The number of nitrogens with zero attached hydrogens (tertiary/aromatic N) is 1. The van der Waals surface area contributed by atoms with E-state index < -0.39 is 18.0 Å². The maximum Gasteiger partial charge on any atom is 0.308 e. The lowest BCUT2D eigenvalue weighted by Crippen LogP contribution is -2.35. The van der Waals surface area contributed by atoms with E-state index >= 15 is 0 Å². The Morgan fingerprint density at radius 1 is 1.12 bits per heavy atom. The molecule has 1 aliphatic heterocycles. The number of carbonyl (C=O) groups excluding carboxylic acids is 1. The number of benzene rings is 2. The van der Waals surface area contributed by atoms with Gasteiger partial charge in [0.05, 0.1) is 5.92 Å². The molecule has 1 unspecified atom stereocenters. The summed E-state index contributed by atoms with van der Waals surface area (Å²) in [7, 11) is 1.48. The third-order valence-corrected chi connectivity index (χ3v) is 5.06. The van der Waals surface area contributed by atoms with Gasteiger partial charge in [-0.3, -0.25) is 9.59 Å². The van der Waals surface area contributed by atoms with Gasteiger partial charge in [-0.25, -0.2) is 0 Å².